The van der Waals surface area contributed by atoms with Crippen LogP contribution in [0.15, 0.2) is 5.16 Å². The highest BCUT2D eigenvalue weighted by Crippen LogP contribution is 2.51. The average molecular weight is 255 g/mol. The topological polar surface area (TPSA) is 32.6 Å². The van der Waals surface area contributed by atoms with Gasteiger partial charge in [-0.1, -0.05) is 18.5 Å². The molecule has 0 bridgehead atoms. The summed E-state index contributed by atoms with van der Waals surface area (Å²) in [7, 11) is 0. The van der Waals surface area contributed by atoms with Gasteiger partial charge in [0.1, 0.15) is 0 Å². The molecule has 1 N–H and O–H groups in total. The second-order valence-corrected chi connectivity index (χ2v) is 7.46. The molecule has 0 aromatic rings. The summed E-state index contributed by atoms with van der Waals surface area (Å²) >= 11 is 2.12. The van der Waals surface area contributed by atoms with Gasteiger partial charge in [-0.15, -0.1) is 0 Å². The Bertz CT molecular complexity index is 284. The lowest BCUT2D eigenvalue weighted by molar-refractivity contribution is 0.314. The molecule has 0 amide bonds. The van der Waals surface area contributed by atoms with Crippen LogP contribution in [0.5, 0.6) is 0 Å². The van der Waals surface area contributed by atoms with Crippen LogP contribution in [-0.4, -0.2) is 21.4 Å². The van der Waals surface area contributed by atoms with Crippen molar-refractivity contribution < 1.29 is 5.21 Å². The molecule has 0 radical (unpaired) electrons. The zero-order valence-electron chi connectivity index (χ0n) is 11.1. The van der Waals surface area contributed by atoms with Gasteiger partial charge in [0.2, 0.25) is 0 Å². The summed E-state index contributed by atoms with van der Waals surface area (Å²) in [6.07, 6.45) is 8.81. The molecular weight excluding hydrogens is 230 g/mol. The van der Waals surface area contributed by atoms with E-state index < -0.39 is 0 Å². The summed E-state index contributed by atoms with van der Waals surface area (Å²) < 4.78 is 0.333. The molecule has 1 atom stereocenters. The molecule has 0 heterocycles. The van der Waals surface area contributed by atoms with Gasteiger partial charge in [0.25, 0.3) is 0 Å². The molecule has 17 heavy (non-hydrogen) atoms. The number of hydrogen-bond acceptors (Lipinski definition) is 3. The Hall–Kier alpha value is -0.180. The van der Waals surface area contributed by atoms with Crippen molar-refractivity contribution in [2.75, 3.05) is 5.75 Å². The quantitative estimate of drug-likeness (QED) is 0.303. The van der Waals surface area contributed by atoms with E-state index in [1.165, 1.54) is 44.3 Å². The maximum Gasteiger partial charge on any atom is 0.0615 e. The van der Waals surface area contributed by atoms with E-state index in [0.717, 1.165) is 18.1 Å². The monoisotopic (exact) mass is 255 g/mol. The largest absolute Gasteiger partial charge is 0.411 e. The Morgan fingerprint density at radius 1 is 1.35 bits per heavy atom. The molecule has 2 fully saturated rings. The van der Waals surface area contributed by atoms with Crippen LogP contribution < -0.4 is 0 Å². The van der Waals surface area contributed by atoms with Gasteiger partial charge in [-0.25, -0.2) is 0 Å². The summed E-state index contributed by atoms with van der Waals surface area (Å²) in [5.41, 5.74) is 1.07. The maximum atomic E-state index is 9.15. The number of rotatable bonds is 8. The predicted octanol–water partition coefficient (Wildman–Crippen LogP) is 4.32. The first-order chi connectivity index (χ1) is 8.19. The zero-order valence-corrected chi connectivity index (χ0v) is 11.9. The van der Waals surface area contributed by atoms with E-state index in [0.29, 0.717) is 10.7 Å². The SMILES string of the molecule is CCCCS[C@](C)(C/C(=N\O)C1CC1)C1CC1. The van der Waals surface area contributed by atoms with Crippen LogP contribution in [0.4, 0.5) is 0 Å². The smallest absolute Gasteiger partial charge is 0.0615 e. The maximum absolute atomic E-state index is 9.15. The van der Waals surface area contributed by atoms with E-state index >= 15 is 0 Å². The summed E-state index contributed by atoms with van der Waals surface area (Å²) in [5.74, 6) is 2.72. The first-order valence-corrected chi connectivity index (χ1v) is 8.03. The van der Waals surface area contributed by atoms with Crippen molar-refractivity contribution in [2.24, 2.45) is 17.0 Å². The standard InChI is InChI=1S/C14H25NOS/c1-3-4-9-17-14(2,12-7-8-12)10-13(15-16)11-5-6-11/h11-12,16H,3-10H2,1-2H3/b15-13+/t14-/m1/s1. The van der Waals surface area contributed by atoms with Crippen molar-refractivity contribution in [3.8, 4) is 0 Å². The van der Waals surface area contributed by atoms with Crippen LogP contribution in [0.1, 0.15) is 58.8 Å². The lowest BCUT2D eigenvalue weighted by atomic mass is 9.96. The van der Waals surface area contributed by atoms with Gasteiger partial charge in [-0.05, 0) is 50.7 Å². The molecule has 2 aliphatic rings. The zero-order chi connectivity index (χ0) is 12.3. The number of unbranched alkanes of at least 4 members (excludes halogenated alkanes) is 1. The Kier molecular flexibility index (Phi) is 4.40. The number of hydrogen-bond donors (Lipinski definition) is 1. The molecule has 0 unspecified atom stereocenters. The van der Waals surface area contributed by atoms with E-state index in [4.69, 9.17) is 5.21 Å². The lowest BCUT2D eigenvalue weighted by Crippen LogP contribution is -2.28. The van der Waals surface area contributed by atoms with Gasteiger partial charge in [0.05, 0.1) is 5.71 Å². The van der Waals surface area contributed by atoms with Crippen molar-refractivity contribution in [2.45, 2.75) is 63.5 Å². The number of nitrogens with zero attached hydrogens (tertiary/aromatic N) is 1. The van der Waals surface area contributed by atoms with Crippen LogP contribution >= 0.6 is 11.8 Å². The van der Waals surface area contributed by atoms with Crippen LogP contribution in [0.3, 0.4) is 0 Å². The van der Waals surface area contributed by atoms with Crippen LogP contribution in [0.25, 0.3) is 0 Å². The molecule has 0 aliphatic heterocycles. The third-order valence-electron chi connectivity index (χ3n) is 4.08. The highest BCUT2D eigenvalue weighted by Gasteiger charge is 2.44. The molecular formula is C14H25NOS. The van der Waals surface area contributed by atoms with Gasteiger partial charge in [0.15, 0.2) is 0 Å². The van der Waals surface area contributed by atoms with Gasteiger partial charge in [0, 0.05) is 17.1 Å². The molecule has 2 rings (SSSR count). The van der Waals surface area contributed by atoms with E-state index in [1.54, 1.807) is 0 Å². The molecule has 2 aliphatic carbocycles. The highest BCUT2D eigenvalue weighted by atomic mass is 32.2. The van der Waals surface area contributed by atoms with Crippen molar-refractivity contribution in [1.29, 1.82) is 0 Å². The first kappa shape index (κ1) is 13.3. The Balaban J connectivity index is 1.90. The fourth-order valence-electron chi connectivity index (χ4n) is 2.49. The Morgan fingerprint density at radius 3 is 2.53 bits per heavy atom. The van der Waals surface area contributed by atoms with Gasteiger partial charge >= 0.3 is 0 Å². The van der Waals surface area contributed by atoms with Crippen molar-refractivity contribution >= 4 is 17.5 Å². The normalized spacial score (nSPS) is 24.7. The lowest BCUT2D eigenvalue weighted by Gasteiger charge is -2.29. The molecule has 0 saturated heterocycles. The van der Waals surface area contributed by atoms with Crippen molar-refractivity contribution in [1.82, 2.24) is 0 Å². The molecule has 2 saturated carbocycles. The second-order valence-electron chi connectivity index (χ2n) is 5.83. The fraction of sp³-hybridized carbons (Fsp3) is 0.929. The van der Waals surface area contributed by atoms with Crippen LogP contribution in [0, 0.1) is 11.8 Å². The molecule has 0 spiro atoms. The number of oxime groups is 1. The van der Waals surface area contributed by atoms with Crippen molar-refractivity contribution in [3.63, 3.8) is 0 Å². The van der Waals surface area contributed by atoms with E-state index in [9.17, 15) is 0 Å². The molecule has 98 valence electrons. The van der Waals surface area contributed by atoms with E-state index in [-0.39, 0.29) is 0 Å². The van der Waals surface area contributed by atoms with Gasteiger partial charge in [-0.3, -0.25) is 0 Å². The van der Waals surface area contributed by atoms with Crippen LogP contribution in [0.2, 0.25) is 0 Å². The second kappa shape index (κ2) is 5.64. The summed E-state index contributed by atoms with van der Waals surface area (Å²) in [6, 6.07) is 0. The summed E-state index contributed by atoms with van der Waals surface area (Å²) in [4.78, 5) is 0. The van der Waals surface area contributed by atoms with Gasteiger partial charge < -0.3 is 5.21 Å². The molecule has 2 nitrogen and oxygen atoms in total. The Morgan fingerprint density at radius 2 is 2.06 bits per heavy atom. The fourth-order valence-corrected chi connectivity index (χ4v) is 4.12. The molecule has 0 aromatic carbocycles. The van der Waals surface area contributed by atoms with Crippen LogP contribution in [-0.2, 0) is 0 Å². The minimum Gasteiger partial charge on any atom is -0.411 e. The first-order valence-electron chi connectivity index (χ1n) is 7.04. The van der Waals surface area contributed by atoms with E-state index in [1.807, 2.05) is 0 Å². The Labute approximate surface area is 109 Å². The summed E-state index contributed by atoms with van der Waals surface area (Å²) in [5, 5.41) is 12.7. The van der Waals surface area contributed by atoms with Crippen molar-refractivity contribution in [3.05, 3.63) is 0 Å². The minimum atomic E-state index is 0.333. The van der Waals surface area contributed by atoms with Gasteiger partial charge in [-0.2, -0.15) is 11.8 Å². The minimum absolute atomic E-state index is 0.333. The molecule has 0 aromatic heterocycles. The summed E-state index contributed by atoms with van der Waals surface area (Å²) in [6.45, 7) is 4.64. The van der Waals surface area contributed by atoms with E-state index in [2.05, 4.69) is 30.8 Å². The molecule has 3 heteroatoms. The highest BCUT2D eigenvalue weighted by molar-refractivity contribution is 8.00. The third kappa shape index (κ3) is 3.64. The average Bonchev–Trinajstić information content (AvgIpc) is 3.19. The number of thioether (sulfide) groups is 1. The third-order valence-corrected chi connectivity index (χ3v) is 5.71. The predicted molar refractivity (Wildman–Crippen MR) is 75.1 cm³/mol.